The fraction of sp³-hybridized carbons (Fsp3) is 0.235. The van der Waals surface area contributed by atoms with E-state index in [1.54, 1.807) is 0 Å². The van der Waals surface area contributed by atoms with Crippen LogP contribution >= 0.6 is 0 Å². The Morgan fingerprint density at radius 2 is 1.60 bits per heavy atom. The zero-order valence-electron chi connectivity index (χ0n) is 12.0. The summed E-state index contributed by atoms with van der Waals surface area (Å²) in [6.07, 6.45) is 0. The van der Waals surface area contributed by atoms with Crippen molar-refractivity contribution in [3.05, 3.63) is 54.6 Å². The first-order valence-corrected chi connectivity index (χ1v) is 6.78. The molecule has 3 nitrogen and oxygen atoms in total. The number of amides is 1. The molecule has 2 rings (SSSR count). The van der Waals surface area contributed by atoms with Crippen LogP contribution in [0.2, 0.25) is 0 Å². The molecule has 0 aliphatic carbocycles. The molecule has 0 spiro atoms. The Morgan fingerprint density at radius 3 is 2.20 bits per heavy atom. The van der Waals surface area contributed by atoms with E-state index in [9.17, 15) is 4.79 Å². The molecule has 104 valence electrons. The lowest BCUT2D eigenvalue weighted by Gasteiger charge is -2.19. The number of hydrogen-bond donors (Lipinski definition) is 1. The Hall–Kier alpha value is -2.29. The number of hydrogen-bond acceptors (Lipinski definition) is 2. The summed E-state index contributed by atoms with van der Waals surface area (Å²) in [7, 11) is 2.03. The van der Waals surface area contributed by atoms with Crippen LogP contribution in [-0.2, 0) is 4.79 Å². The molecule has 0 aliphatic heterocycles. The highest BCUT2D eigenvalue weighted by Gasteiger charge is 2.02. The van der Waals surface area contributed by atoms with Gasteiger partial charge in [-0.15, -0.1) is 0 Å². The molecule has 0 radical (unpaired) electrons. The number of nitrogens with one attached hydrogen (secondary N) is 1. The molecule has 0 bridgehead atoms. The molecule has 0 atom stereocenters. The van der Waals surface area contributed by atoms with E-state index in [1.165, 1.54) is 18.1 Å². The first-order chi connectivity index (χ1) is 9.66. The molecule has 0 saturated heterocycles. The predicted molar refractivity (Wildman–Crippen MR) is 83.8 cm³/mol. The molecule has 0 aromatic heterocycles. The van der Waals surface area contributed by atoms with Crippen molar-refractivity contribution in [1.82, 2.24) is 5.32 Å². The number of carbonyl (C=O) groups is 1. The standard InChI is InChI=1S/C17H20N2O/c1-14(20)18-12-13-19(2)17-10-8-16(9-11-17)15-6-4-3-5-7-15/h3-11H,12-13H2,1-2H3,(H,18,20). The monoisotopic (exact) mass is 268 g/mol. The molecule has 3 heteroatoms. The molecule has 0 saturated carbocycles. The maximum atomic E-state index is 10.8. The van der Waals surface area contributed by atoms with Gasteiger partial charge in [-0.05, 0) is 23.3 Å². The highest BCUT2D eigenvalue weighted by molar-refractivity contribution is 5.72. The second kappa shape index (κ2) is 6.75. The largest absolute Gasteiger partial charge is 0.373 e. The van der Waals surface area contributed by atoms with Crippen LogP contribution in [-0.4, -0.2) is 26.0 Å². The number of nitrogens with zero attached hydrogens (tertiary/aromatic N) is 1. The van der Waals surface area contributed by atoms with Crippen molar-refractivity contribution in [2.75, 3.05) is 25.0 Å². The number of rotatable bonds is 5. The minimum atomic E-state index is 0.0119. The Kier molecular flexibility index (Phi) is 4.77. The summed E-state index contributed by atoms with van der Waals surface area (Å²) in [4.78, 5) is 13.0. The van der Waals surface area contributed by atoms with E-state index in [0.717, 1.165) is 12.2 Å². The lowest BCUT2D eigenvalue weighted by molar-refractivity contribution is -0.118. The second-order valence-corrected chi connectivity index (χ2v) is 4.82. The summed E-state index contributed by atoms with van der Waals surface area (Å²) in [6, 6.07) is 18.8. The van der Waals surface area contributed by atoms with Crippen molar-refractivity contribution in [2.45, 2.75) is 6.92 Å². The van der Waals surface area contributed by atoms with Gasteiger partial charge in [0.2, 0.25) is 5.91 Å². The summed E-state index contributed by atoms with van der Waals surface area (Å²) < 4.78 is 0. The Bertz CT molecular complexity index is 549. The van der Waals surface area contributed by atoms with Crippen molar-refractivity contribution in [1.29, 1.82) is 0 Å². The fourth-order valence-corrected chi connectivity index (χ4v) is 2.07. The molecule has 0 fully saturated rings. The van der Waals surface area contributed by atoms with Crippen LogP contribution in [0, 0.1) is 0 Å². The van der Waals surface area contributed by atoms with Crippen LogP contribution in [0.1, 0.15) is 6.92 Å². The van der Waals surface area contributed by atoms with Gasteiger partial charge in [0, 0.05) is 32.7 Å². The minimum Gasteiger partial charge on any atom is -0.373 e. The van der Waals surface area contributed by atoms with E-state index < -0.39 is 0 Å². The van der Waals surface area contributed by atoms with Crippen molar-refractivity contribution in [3.63, 3.8) is 0 Å². The van der Waals surface area contributed by atoms with Gasteiger partial charge in [-0.25, -0.2) is 0 Å². The highest BCUT2D eigenvalue weighted by atomic mass is 16.1. The van der Waals surface area contributed by atoms with Gasteiger partial charge in [0.05, 0.1) is 0 Å². The number of likely N-dealkylation sites (N-methyl/N-ethyl adjacent to an activating group) is 1. The summed E-state index contributed by atoms with van der Waals surface area (Å²) in [5.74, 6) is 0.0119. The molecule has 20 heavy (non-hydrogen) atoms. The van der Waals surface area contributed by atoms with Gasteiger partial charge >= 0.3 is 0 Å². The zero-order valence-corrected chi connectivity index (χ0v) is 12.0. The topological polar surface area (TPSA) is 32.3 Å². The summed E-state index contributed by atoms with van der Waals surface area (Å²) in [6.45, 7) is 2.99. The minimum absolute atomic E-state index is 0.0119. The van der Waals surface area contributed by atoms with Gasteiger partial charge < -0.3 is 10.2 Å². The van der Waals surface area contributed by atoms with Crippen LogP contribution in [0.5, 0.6) is 0 Å². The molecular weight excluding hydrogens is 248 g/mol. The maximum Gasteiger partial charge on any atom is 0.216 e. The molecular formula is C17H20N2O. The maximum absolute atomic E-state index is 10.8. The summed E-state index contributed by atoms with van der Waals surface area (Å²) in [5, 5.41) is 2.80. The Balaban J connectivity index is 1.99. The average Bonchev–Trinajstić information content (AvgIpc) is 2.48. The Labute approximate surface area is 120 Å². The van der Waals surface area contributed by atoms with E-state index in [2.05, 4.69) is 46.6 Å². The van der Waals surface area contributed by atoms with E-state index in [1.807, 2.05) is 25.2 Å². The van der Waals surface area contributed by atoms with Crippen molar-refractivity contribution in [2.24, 2.45) is 0 Å². The fourth-order valence-electron chi connectivity index (χ4n) is 2.07. The number of benzene rings is 2. The zero-order chi connectivity index (χ0) is 14.4. The van der Waals surface area contributed by atoms with Crippen LogP contribution in [0.3, 0.4) is 0 Å². The quantitative estimate of drug-likeness (QED) is 0.904. The third kappa shape index (κ3) is 3.85. The molecule has 2 aromatic rings. The third-order valence-electron chi connectivity index (χ3n) is 3.24. The smallest absolute Gasteiger partial charge is 0.216 e. The lowest BCUT2D eigenvalue weighted by atomic mass is 10.1. The van der Waals surface area contributed by atoms with Crippen LogP contribution in [0.4, 0.5) is 5.69 Å². The summed E-state index contributed by atoms with van der Waals surface area (Å²) >= 11 is 0. The number of anilines is 1. The van der Waals surface area contributed by atoms with Gasteiger partial charge in [-0.2, -0.15) is 0 Å². The van der Waals surface area contributed by atoms with Crippen molar-refractivity contribution in [3.8, 4) is 11.1 Å². The van der Waals surface area contributed by atoms with E-state index in [4.69, 9.17) is 0 Å². The lowest BCUT2D eigenvalue weighted by Crippen LogP contribution is -2.31. The molecule has 0 aliphatic rings. The number of carbonyl (C=O) groups excluding carboxylic acids is 1. The van der Waals surface area contributed by atoms with E-state index in [-0.39, 0.29) is 5.91 Å². The van der Waals surface area contributed by atoms with Crippen LogP contribution < -0.4 is 10.2 Å². The van der Waals surface area contributed by atoms with Gasteiger partial charge in [-0.1, -0.05) is 42.5 Å². The van der Waals surface area contributed by atoms with Gasteiger partial charge in [0.1, 0.15) is 0 Å². The molecule has 2 aromatic carbocycles. The van der Waals surface area contributed by atoms with Gasteiger partial charge in [0.25, 0.3) is 0 Å². The average molecular weight is 268 g/mol. The van der Waals surface area contributed by atoms with E-state index >= 15 is 0 Å². The van der Waals surface area contributed by atoms with Crippen molar-refractivity contribution >= 4 is 11.6 Å². The SMILES string of the molecule is CC(=O)NCCN(C)c1ccc(-c2ccccc2)cc1. The molecule has 0 unspecified atom stereocenters. The first kappa shape index (κ1) is 14.1. The van der Waals surface area contributed by atoms with Gasteiger partial charge in [0.15, 0.2) is 0 Å². The molecule has 1 amide bonds. The first-order valence-electron chi connectivity index (χ1n) is 6.78. The summed E-state index contributed by atoms with van der Waals surface area (Å²) in [5.41, 5.74) is 3.58. The van der Waals surface area contributed by atoms with Crippen LogP contribution in [0.25, 0.3) is 11.1 Å². The highest BCUT2D eigenvalue weighted by Crippen LogP contribution is 2.22. The molecule has 0 heterocycles. The van der Waals surface area contributed by atoms with E-state index in [0.29, 0.717) is 6.54 Å². The molecule has 1 N–H and O–H groups in total. The third-order valence-corrected chi connectivity index (χ3v) is 3.24. The normalized spacial score (nSPS) is 10.1. The second-order valence-electron chi connectivity index (χ2n) is 4.82. The Morgan fingerprint density at radius 1 is 1.00 bits per heavy atom. The predicted octanol–water partition coefficient (Wildman–Crippen LogP) is 2.93. The van der Waals surface area contributed by atoms with Gasteiger partial charge in [-0.3, -0.25) is 4.79 Å². The van der Waals surface area contributed by atoms with Crippen molar-refractivity contribution < 1.29 is 4.79 Å². The van der Waals surface area contributed by atoms with Crippen LogP contribution in [0.15, 0.2) is 54.6 Å².